The number of nitro groups is 1. The van der Waals surface area contributed by atoms with Gasteiger partial charge in [-0.3, -0.25) is 14.9 Å². The number of hydrogen-bond donors (Lipinski definition) is 1. The minimum absolute atomic E-state index is 0.0609. The summed E-state index contributed by atoms with van der Waals surface area (Å²) in [7, 11) is 3.04. The van der Waals surface area contributed by atoms with Gasteiger partial charge in [0, 0.05) is 6.07 Å². The molecule has 2 aromatic carbocycles. The van der Waals surface area contributed by atoms with Gasteiger partial charge in [-0.15, -0.1) is 0 Å². The van der Waals surface area contributed by atoms with E-state index in [1.165, 1.54) is 26.4 Å². The number of rotatable bonds is 6. The predicted octanol–water partition coefficient (Wildman–Crippen LogP) is 3.10. The molecule has 126 valence electrons. The van der Waals surface area contributed by atoms with Crippen LogP contribution in [0.5, 0.6) is 11.5 Å². The van der Waals surface area contributed by atoms with E-state index in [0.29, 0.717) is 17.1 Å². The molecule has 0 aromatic heterocycles. The lowest BCUT2D eigenvalue weighted by Crippen LogP contribution is -2.15. The summed E-state index contributed by atoms with van der Waals surface area (Å²) >= 11 is 0. The van der Waals surface area contributed by atoms with Gasteiger partial charge < -0.3 is 14.8 Å². The molecule has 0 aliphatic heterocycles. The fourth-order valence-electron chi connectivity index (χ4n) is 2.27. The van der Waals surface area contributed by atoms with Crippen LogP contribution in [0.1, 0.15) is 11.1 Å². The Hall–Kier alpha value is -3.09. The molecule has 0 saturated heterocycles. The van der Waals surface area contributed by atoms with E-state index in [1.807, 2.05) is 0 Å². The van der Waals surface area contributed by atoms with E-state index in [2.05, 4.69) is 5.32 Å². The molecule has 0 bridgehead atoms. The summed E-state index contributed by atoms with van der Waals surface area (Å²) in [4.78, 5) is 22.8. The molecule has 0 unspecified atom stereocenters. The topological polar surface area (TPSA) is 90.7 Å². The molecule has 7 heteroatoms. The summed E-state index contributed by atoms with van der Waals surface area (Å²) in [5.74, 6) is 0.731. The molecule has 0 atom stereocenters. The van der Waals surface area contributed by atoms with Gasteiger partial charge in [0.25, 0.3) is 5.69 Å². The van der Waals surface area contributed by atoms with E-state index in [0.717, 1.165) is 5.56 Å². The second-order valence-electron chi connectivity index (χ2n) is 5.19. The first-order chi connectivity index (χ1) is 11.4. The van der Waals surface area contributed by atoms with Crippen molar-refractivity contribution in [2.75, 3.05) is 19.5 Å². The molecule has 0 heterocycles. The third-order valence-corrected chi connectivity index (χ3v) is 3.44. The number of benzene rings is 2. The van der Waals surface area contributed by atoms with Gasteiger partial charge >= 0.3 is 0 Å². The van der Waals surface area contributed by atoms with Gasteiger partial charge in [-0.2, -0.15) is 0 Å². The van der Waals surface area contributed by atoms with Crippen molar-refractivity contribution in [3.8, 4) is 11.5 Å². The first-order valence-corrected chi connectivity index (χ1v) is 7.20. The number of nitrogens with one attached hydrogen (secondary N) is 1. The van der Waals surface area contributed by atoms with Crippen molar-refractivity contribution < 1.29 is 19.2 Å². The van der Waals surface area contributed by atoms with Gasteiger partial charge in [0.05, 0.1) is 25.6 Å². The van der Waals surface area contributed by atoms with E-state index in [9.17, 15) is 14.9 Å². The second-order valence-corrected chi connectivity index (χ2v) is 5.19. The Labute approximate surface area is 139 Å². The first-order valence-electron chi connectivity index (χ1n) is 7.20. The number of nitrogens with zero attached hydrogens (tertiary/aromatic N) is 1. The van der Waals surface area contributed by atoms with Crippen molar-refractivity contribution in [1.82, 2.24) is 0 Å². The maximum atomic E-state index is 12.2. The van der Waals surface area contributed by atoms with E-state index in [1.54, 1.807) is 31.2 Å². The molecule has 0 aliphatic rings. The van der Waals surface area contributed by atoms with Gasteiger partial charge in [0.2, 0.25) is 5.91 Å². The highest BCUT2D eigenvalue weighted by atomic mass is 16.6. The largest absolute Gasteiger partial charge is 0.493 e. The normalized spacial score (nSPS) is 10.1. The van der Waals surface area contributed by atoms with Crippen LogP contribution < -0.4 is 14.8 Å². The predicted molar refractivity (Wildman–Crippen MR) is 89.7 cm³/mol. The van der Waals surface area contributed by atoms with E-state index >= 15 is 0 Å². The molecule has 24 heavy (non-hydrogen) atoms. The number of ether oxygens (including phenoxy) is 2. The maximum Gasteiger partial charge on any atom is 0.293 e. The molecular weight excluding hydrogens is 312 g/mol. The molecular formula is C17H18N2O5. The zero-order valence-electron chi connectivity index (χ0n) is 13.7. The van der Waals surface area contributed by atoms with E-state index in [-0.39, 0.29) is 23.7 Å². The summed E-state index contributed by atoms with van der Waals surface area (Å²) in [6.07, 6.45) is 0.0609. The Bertz CT molecular complexity index is 774. The summed E-state index contributed by atoms with van der Waals surface area (Å²) in [6.45, 7) is 1.75. The fraction of sp³-hybridized carbons (Fsp3) is 0.235. The zero-order valence-corrected chi connectivity index (χ0v) is 13.7. The van der Waals surface area contributed by atoms with Crippen molar-refractivity contribution in [2.24, 2.45) is 0 Å². The second kappa shape index (κ2) is 7.45. The molecule has 0 aliphatic carbocycles. The Morgan fingerprint density at radius 1 is 1.12 bits per heavy atom. The van der Waals surface area contributed by atoms with Crippen LogP contribution in [-0.2, 0) is 11.2 Å². The number of nitro benzene ring substituents is 1. The third-order valence-electron chi connectivity index (χ3n) is 3.44. The van der Waals surface area contributed by atoms with Crippen molar-refractivity contribution >= 4 is 17.3 Å². The van der Waals surface area contributed by atoms with Crippen LogP contribution in [0, 0.1) is 17.0 Å². The average Bonchev–Trinajstić information content (AvgIpc) is 2.56. The SMILES string of the molecule is COc1ccc(CC(=O)Nc2ccc(C)cc2[N+](=O)[O-])cc1OC. The van der Waals surface area contributed by atoms with Crippen LogP contribution >= 0.6 is 0 Å². The van der Waals surface area contributed by atoms with Crippen LogP contribution in [0.2, 0.25) is 0 Å². The highest BCUT2D eigenvalue weighted by Gasteiger charge is 2.16. The molecule has 2 rings (SSSR count). The molecule has 0 saturated carbocycles. The monoisotopic (exact) mass is 330 g/mol. The number of aryl methyl sites for hydroxylation is 1. The third kappa shape index (κ3) is 4.01. The van der Waals surface area contributed by atoms with Crippen LogP contribution in [-0.4, -0.2) is 25.1 Å². The molecule has 7 nitrogen and oxygen atoms in total. The lowest BCUT2D eigenvalue weighted by atomic mass is 10.1. The van der Waals surface area contributed by atoms with Gasteiger partial charge in [-0.05, 0) is 36.2 Å². The van der Waals surface area contributed by atoms with Gasteiger partial charge in [-0.25, -0.2) is 0 Å². The number of methoxy groups -OCH3 is 2. The highest BCUT2D eigenvalue weighted by molar-refractivity contribution is 5.94. The summed E-state index contributed by atoms with van der Waals surface area (Å²) < 4.78 is 10.3. The molecule has 2 aromatic rings. The minimum Gasteiger partial charge on any atom is -0.493 e. The van der Waals surface area contributed by atoms with Crippen LogP contribution in [0.4, 0.5) is 11.4 Å². The van der Waals surface area contributed by atoms with Crippen molar-refractivity contribution in [3.05, 3.63) is 57.6 Å². The summed E-state index contributed by atoms with van der Waals surface area (Å²) in [5, 5.41) is 13.7. The highest BCUT2D eigenvalue weighted by Crippen LogP contribution is 2.28. The Kier molecular flexibility index (Phi) is 5.36. The average molecular weight is 330 g/mol. The summed E-state index contributed by atoms with van der Waals surface area (Å²) in [5.41, 5.74) is 1.51. The first kappa shape index (κ1) is 17.3. The fourth-order valence-corrected chi connectivity index (χ4v) is 2.27. The van der Waals surface area contributed by atoms with Crippen molar-refractivity contribution in [3.63, 3.8) is 0 Å². The number of carbonyl (C=O) groups is 1. The smallest absolute Gasteiger partial charge is 0.293 e. The molecule has 0 radical (unpaired) electrons. The standard InChI is InChI=1S/C17H18N2O5/c1-11-4-6-13(14(8-11)19(21)22)18-17(20)10-12-5-7-15(23-2)16(9-12)24-3/h4-9H,10H2,1-3H3,(H,18,20). The van der Waals surface area contributed by atoms with E-state index in [4.69, 9.17) is 9.47 Å². The molecule has 0 spiro atoms. The van der Waals surface area contributed by atoms with Crippen molar-refractivity contribution in [2.45, 2.75) is 13.3 Å². The molecule has 0 fully saturated rings. The van der Waals surface area contributed by atoms with Gasteiger partial charge in [-0.1, -0.05) is 12.1 Å². The van der Waals surface area contributed by atoms with Crippen LogP contribution in [0.3, 0.4) is 0 Å². The van der Waals surface area contributed by atoms with E-state index < -0.39 is 4.92 Å². The quantitative estimate of drug-likeness (QED) is 0.649. The Balaban J connectivity index is 2.16. The Morgan fingerprint density at radius 2 is 1.83 bits per heavy atom. The van der Waals surface area contributed by atoms with Gasteiger partial charge in [0.15, 0.2) is 11.5 Å². The van der Waals surface area contributed by atoms with Crippen molar-refractivity contribution in [1.29, 1.82) is 0 Å². The van der Waals surface area contributed by atoms with Crippen LogP contribution in [0.25, 0.3) is 0 Å². The van der Waals surface area contributed by atoms with Gasteiger partial charge in [0.1, 0.15) is 5.69 Å². The lowest BCUT2D eigenvalue weighted by Gasteiger charge is -2.10. The lowest BCUT2D eigenvalue weighted by molar-refractivity contribution is -0.384. The number of amides is 1. The molecule has 1 amide bonds. The Morgan fingerprint density at radius 3 is 2.46 bits per heavy atom. The van der Waals surface area contributed by atoms with Crippen LogP contribution in [0.15, 0.2) is 36.4 Å². The minimum atomic E-state index is -0.515. The molecule has 1 N–H and O–H groups in total. The number of hydrogen-bond acceptors (Lipinski definition) is 5. The maximum absolute atomic E-state index is 12.2. The zero-order chi connectivity index (χ0) is 17.7. The summed E-state index contributed by atoms with van der Waals surface area (Å²) in [6, 6.07) is 9.80. The number of anilines is 1. The number of carbonyl (C=O) groups excluding carboxylic acids is 1.